The number of nitrogens with one attached hydrogen (secondary N) is 1. The fraction of sp³-hybridized carbons (Fsp3) is 0.556. The summed E-state index contributed by atoms with van der Waals surface area (Å²) in [5.74, 6) is -0.0407. The third-order valence-electron chi connectivity index (χ3n) is 5.37. The van der Waals surface area contributed by atoms with Gasteiger partial charge in [-0.05, 0) is 25.7 Å². The molecule has 11 heteroatoms. The van der Waals surface area contributed by atoms with E-state index in [1.165, 1.54) is 16.8 Å². The zero-order valence-corrected chi connectivity index (χ0v) is 17.2. The van der Waals surface area contributed by atoms with E-state index < -0.39 is 16.1 Å². The molecule has 0 unspecified atom stereocenters. The molecule has 2 fully saturated rings. The van der Waals surface area contributed by atoms with Crippen molar-refractivity contribution in [1.29, 1.82) is 0 Å². The molecule has 4 rings (SSSR count). The van der Waals surface area contributed by atoms with Gasteiger partial charge in [0.25, 0.3) is 10.0 Å². The quantitative estimate of drug-likeness (QED) is 0.723. The molecule has 1 N–H and O–H groups in total. The second kappa shape index (κ2) is 7.81. The second-order valence-corrected chi connectivity index (χ2v) is 9.44. The Balaban J connectivity index is 1.35. The first-order chi connectivity index (χ1) is 13.8. The SMILES string of the molecule is Cc1cnc(CNC(=O)[C@H]2C[C@@H]3CCN(S(=O)(=O)c4cn(C)cn4)C[C@H]3O2)cn1. The van der Waals surface area contributed by atoms with Gasteiger partial charge in [0.05, 0.1) is 36.6 Å². The van der Waals surface area contributed by atoms with Gasteiger partial charge in [0.15, 0.2) is 5.03 Å². The van der Waals surface area contributed by atoms with Gasteiger partial charge in [-0.1, -0.05) is 0 Å². The topological polar surface area (TPSA) is 119 Å². The molecule has 0 bridgehead atoms. The highest BCUT2D eigenvalue weighted by molar-refractivity contribution is 7.89. The van der Waals surface area contributed by atoms with Crippen LogP contribution in [0.1, 0.15) is 24.2 Å². The molecule has 0 saturated carbocycles. The Morgan fingerprint density at radius 1 is 1.31 bits per heavy atom. The minimum atomic E-state index is -3.66. The predicted molar refractivity (Wildman–Crippen MR) is 102 cm³/mol. The second-order valence-electron chi connectivity index (χ2n) is 7.55. The first-order valence-corrected chi connectivity index (χ1v) is 11.0. The minimum absolute atomic E-state index is 0.0324. The molecule has 2 aromatic rings. The van der Waals surface area contributed by atoms with Crippen LogP contribution in [0.15, 0.2) is 29.9 Å². The van der Waals surface area contributed by atoms with Gasteiger partial charge >= 0.3 is 0 Å². The van der Waals surface area contributed by atoms with Crippen molar-refractivity contribution in [3.63, 3.8) is 0 Å². The average Bonchev–Trinajstić information content (AvgIpc) is 3.33. The van der Waals surface area contributed by atoms with Crippen LogP contribution in [-0.4, -0.2) is 63.4 Å². The number of ether oxygens (including phenoxy) is 1. The summed E-state index contributed by atoms with van der Waals surface area (Å²) in [5.41, 5.74) is 1.49. The van der Waals surface area contributed by atoms with Crippen molar-refractivity contribution in [1.82, 2.24) is 29.1 Å². The van der Waals surface area contributed by atoms with Gasteiger partial charge in [0.2, 0.25) is 5.91 Å². The Bertz CT molecular complexity index is 990. The fourth-order valence-corrected chi connectivity index (χ4v) is 5.18. The van der Waals surface area contributed by atoms with Crippen LogP contribution in [0.2, 0.25) is 0 Å². The summed E-state index contributed by atoms with van der Waals surface area (Å²) in [7, 11) is -1.94. The van der Waals surface area contributed by atoms with Crippen LogP contribution in [0, 0.1) is 12.8 Å². The van der Waals surface area contributed by atoms with Gasteiger partial charge in [-0.15, -0.1) is 0 Å². The lowest BCUT2D eigenvalue weighted by Gasteiger charge is -2.32. The molecule has 0 aromatic carbocycles. The molecule has 0 spiro atoms. The third kappa shape index (κ3) is 4.16. The Morgan fingerprint density at radius 2 is 2.14 bits per heavy atom. The molecule has 2 aromatic heterocycles. The standard InChI is InChI=1S/C18H24N6O4S/c1-12-6-20-14(7-19-12)8-21-18(25)15-5-13-3-4-24(9-16(13)28-15)29(26,27)17-10-23(2)11-22-17/h6-7,10-11,13,15-16H,3-5,8-9H2,1-2H3,(H,21,25)/t13-,15+,16+/m0/s1. The molecule has 2 saturated heterocycles. The van der Waals surface area contributed by atoms with Gasteiger partial charge in [-0.25, -0.2) is 13.4 Å². The van der Waals surface area contributed by atoms with E-state index in [2.05, 4.69) is 20.3 Å². The van der Waals surface area contributed by atoms with Gasteiger partial charge in [0.1, 0.15) is 6.10 Å². The lowest BCUT2D eigenvalue weighted by molar-refractivity contribution is -0.132. The van der Waals surface area contributed by atoms with E-state index in [9.17, 15) is 13.2 Å². The van der Waals surface area contributed by atoms with Crippen LogP contribution in [0.25, 0.3) is 0 Å². The Hall–Kier alpha value is -2.37. The molecule has 2 aliphatic heterocycles. The summed E-state index contributed by atoms with van der Waals surface area (Å²) >= 11 is 0. The summed E-state index contributed by atoms with van der Waals surface area (Å²) < 4.78 is 34.5. The first-order valence-electron chi connectivity index (χ1n) is 9.52. The number of fused-ring (bicyclic) bond motifs is 1. The number of imidazole rings is 1. The summed E-state index contributed by atoms with van der Waals surface area (Å²) in [6, 6.07) is 0. The molecule has 0 aliphatic carbocycles. The number of hydrogen-bond acceptors (Lipinski definition) is 7. The molecule has 2 aliphatic rings. The number of aryl methyl sites for hydroxylation is 2. The monoisotopic (exact) mass is 420 g/mol. The Morgan fingerprint density at radius 3 is 2.83 bits per heavy atom. The Labute approximate surface area is 169 Å². The van der Waals surface area contributed by atoms with Crippen LogP contribution >= 0.6 is 0 Å². The maximum atomic E-state index is 12.8. The van der Waals surface area contributed by atoms with Crippen molar-refractivity contribution in [2.45, 2.75) is 43.5 Å². The van der Waals surface area contributed by atoms with Crippen LogP contribution in [0.5, 0.6) is 0 Å². The highest BCUT2D eigenvalue weighted by atomic mass is 32.2. The zero-order chi connectivity index (χ0) is 20.6. The molecule has 29 heavy (non-hydrogen) atoms. The summed E-state index contributed by atoms with van der Waals surface area (Å²) in [6.07, 6.45) is 6.60. The smallest absolute Gasteiger partial charge is 0.262 e. The van der Waals surface area contributed by atoms with Crippen molar-refractivity contribution >= 4 is 15.9 Å². The number of hydrogen-bond donors (Lipinski definition) is 1. The van der Waals surface area contributed by atoms with E-state index in [-0.39, 0.29) is 36.0 Å². The number of nitrogens with zero attached hydrogens (tertiary/aromatic N) is 5. The van der Waals surface area contributed by atoms with E-state index in [4.69, 9.17) is 4.74 Å². The zero-order valence-electron chi connectivity index (χ0n) is 16.4. The van der Waals surface area contributed by atoms with E-state index in [1.54, 1.807) is 24.0 Å². The average molecular weight is 420 g/mol. The highest BCUT2D eigenvalue weighted by Gasteiger charge is 2.44. The fourth-order valence-electron chi connectivity index (χ4n) is 3.75. The van der Waals surface area contributed by atoms with E-state index in [1.807, 2.05) is 6.92 Å². The van der Waals surface area contributed by atoms with Crippen LogP contribution in [-0.2, 0) is 33.1 Å². The van der Waals surface area contributed by atoms with Crippen LogP contribution in [0.4, 0.5) is 0 Å². The number of carbonyl (C=O) groups excluding carboxylic acids is 1. The molecule has 1 amide bonds. The van der Waals surface area contributed by atoms with Crippen molar-refractivity contribution in [3.8, 4) is 0 Å². The van der Waals surface area contributed by atoms with Gasteiger partial charge in [-0.2, -0.15) is 4.31 Å². The molecular weight excluding hydrogens is 396 g/mol. The van der Waals surface area contributed by atoms with E-state index in [0.29, 0.717) is 25.1 Å². The van der Waals surface area contributed by atoms with Crippen molar-refractivity contribution < 1.29 is 17.9 Å². The normalized spacial score (nSPS) is 25.0. The molecule has 3 atom stereocenters. The number of piperidine rings is 1. The number of rotatable bonds is 5. The summed E-state index contributed by atoms with van der Waals surface area (Å²) in [4.78, 5) is 24.8. The van der Waals surface area contributed by atoms with Crippen LogP contribution in [0.3, 0.4) is 0 Å². The minimum Gasteiger partial charge on any atom is -0.363 e. The first kappa shape index (κ1) is 19.9. The number of sulfonamides is 1. The van der Waals surface area contributed by atoms with Crippen LogP contribution < -0.4 is 5.32 Å². The molecule has 156 valence electrons. The molecule has 0 radical (unpaired) electrons. The van der Waals surface area contributed by atoms with Crippen molar-refractivity contribution in [3.05, 3.63) is 36.3 Å². The highest BCUT2D eigenvalue weighted by Crippen LogP contribution is 2.35. The molecule has 4 heterocycles. The maximum absolute atomic E-state index is 12.8. The maximum Gasteiger partial charge on any atom is 0.262 e. The van der Waals surface area contributed by atoms with Gasteiger partial charge < -0.3 is 14.6 Å². The summed E-state index contributed by atoms with van der Waals surface area (Å²) in [6.45, 7) is 2.76. The van der Waals surface area contributed by atoms with E-state index in [0.717, 1.165) is 5.69 Å². The molecule has 10 nitrogen and oxygen atoms in total. The van der Waals surface area contributed by atoms with Crippen molar-refractivity contribution in [2.24, 2.45) is 13.0 Å². The number of carbonyl (C=O) groups is 1. The predicted octanol–water partition coefficient (Wildman–Crippen LogP) is 0.00302. The lowest BCUT2D eigenvalue weighted by Crippen LogP contribution is -2.45. The van der Waals surface area contributed by atoms with Crippen molar-refractivity contribution in [2.75, 3.05) is 13.1 Å². The van der Waals surface area contributed by atoms with Gasteiger partial charge in [0, 0.05) is 32.5 Å². The molecular formula is C18H24N6O4S. The van der Waals surface area contributed by atoms with Gasteiger partial charge in [-0.3, -0.25) is 14.8 Å². The Kier molecular flexibility index (Phi) is 5.36. The third-order valence-corrected chi connectivity index (χ3v) is 7.12. The van der Waals surface area contributed by atoms with E-state index >= 15 is 0 Å². The summed E-state index contributed by atoms with van der Waals surface area (Å²) in [5, 5.41) is 2.86. The largest absolute Gasteiger partial charge is 0.363 e. The number of amides is 1. The number of aromatic nitrogens is 4. The lowest BCUT2D eigenvalue weighted by atomic mass is 9.93.